The van der Waals surface area contributed by atoms with Crippen LogP contribution < -0.4 is 9.62 Å². The van der Waals surface area contributed by atoms with E-state index < -0.39 is 28.5 Å². The van der Waals surface area contributed by atoms with Crippen LogP contribution in [0.4, 0.5) is 5.69 Å². The van der Waals surface area contributed by atoms with E-state index in [1.165, 1.54) is 11.9 Å². The molecular weight excluding hydrogens is 533 g/mol. The minimum Gasteiger partial charge on any atom is -0.357 e. The van der Waals surface area contributed by atoms with Gasteiger partial charge in [0.1, 0.15) is 12.6 Å². The van der Waals surface area contributed by atoms with Crippen molar-refractivity contribution in [2.75, 3.05) is 24.2 Å². The molecule has 1 atom stereocenters. The van der Waals surface area contributed by atoms with Crippen molar-refractivity contribution >= 4 is 50.7 Å². The minimum absolute atomic E-state index is 0.0145. The van der Waals surface area contributed by atoms with E-state index in [9.17, 15) is 18.0 Å². The van der Waals surface area contributed by atoms with Crippen LogP contribution in [-0.2, 0) is 32.6 Å². The van der Waals surface area contributed by atoms with E-state index >= 15 is 0 Å². The number of nitrogens with one attached hydrogen (secondary N) is 1. The number of hydrogen-bond acceptors (Lipinski definition) is 4. The molecule has 0 unspecified atom stereocenters. The maximum Gasteiger partial charge on any atom is 0.244 e. The van der Waals surface area contributed by atoms with Crippen LogP contribution in [0.3, 0.4) is 0 Å². The molecule has 1 N–H and O–H groups in total. The fraction of sp³-hybridized carbons (Fsp3) is 0.259. The van der Waals surface area contributed by atoms with Crippen molar-refractivity contribution in [3.05, 3.63) is 99.5 Å². The number of amides is 2. The summed E-state index contributed by atoms with van der Waals surface area (Å²) >= 11 is 12.5. The lowest BCUT2D eigenvalue weighted by molar-refractivity contribution is -0.139. The molecule has 3 aromatic rings. The first kappa shape index (κ1) is 28.5. The monoisotopic (exact) mass is 561 g/mol. The Bertz CT molecular complexity index is 1370. The van der Waals surface area contributed by atoms with Gasteiger partial charge in [0.25, 0.3) is 0 Å². The van der Waals surface area contributed by atoms with Crippen LogP contribution in [0.15, 0.2) is 72.8 Å². The number of likely N-dealkylation sites (N-methyl/N-ethyl adjacent to an activating group) is 1. The van der Waals surface area contributed by atoms with Gasteiger partial charge in [0, 0.05) is 30.1 Å². The fourth-order valence-electron chi connectivity index (χ4n) is 4.02. The fourth-order valence-corrected chi connectivity index (χ4v) is 5.35. The number of anilines is 1. The molecule has 0 saturated heterocycles. The van der Waals surface area contributed by atoms with Gasteiger partial charge in [0.05, 0.1) is 11.9 Å². The summed E-state index contributed by atoms with van der Waals surface area (Å²) < 4.78 is 26.7. The van der Waals surface area contributed by atoms with E-state index in [4.69, 9.17) is 23.2 Å². The van der Waals surface area contributed by atoms with Crippen LogP contribution in [0.1, 0.15) is 16.7 Å². The Morgan fingerprint density at radius 1 is 0.973 bits per heavy atom. The lowest BCUT2D eigenvalue weighted by Gasteiger charge is -2.33. The van der Waals surface area contributed by atoms with E-state index in [0.29, 0.717) is 26.9 Å². The third kappa shape index (κ3) is 7.47. The predicted octanol–water partition coefficient (Wildman–Crippen LogP) is 4.45. The third-order valence-corrected chi connectivity index (χ3v) is 7.65. The van der Waals surface area contributed by atoms with E-state index in [1.807, 2.05) is 30.3 Å². The van der Waals surface area contributed by atoms with Gasteiger partial charge in [-0.2, -0.15) is 0 Å². The average molecular weight is 563 g/mol. The number of hydrogen-bond donors (Lipinski definition) is 1. The third-order valence-electron chi connectivity index (χ3n) is 5.92. The van der Waals surface area contributed by atoms with Crippen LogP contribution in [0.25, 0.3) is 0 Å². The summed E-state index contributed by atoms with van der Waals surface area (Å²) in [6.07, 6.45) is 1.27. The smallest absolute Gasteiger partial charge is 0.244 e. The number of halogens is 2. The largest absolute Gasteiger partial charge is 0.357 e. The highest BCUT2D eigenvalue weighted by Gasteiger charge is 2.33. The lowest BCUT2D eigenvalue weighted by atomic mass is 10.0. The molecule has 10 heteroatoms. The zero-order chi connectivity index (χ0) is 27.2. The Morgan fingerprint density at radius 3 is 2.22 bits per heavy atom. The minimum atomic E-state index is -3.86. The van der Waals surface area contributed by atoms with E-state index in [2.05, 4.69) is 5.32 Å². The molecule has 0 radical (unpaired) electrons. The van der Waals surface area contributed by atoms with Crippen molar-refractivity contribution in [3.8, 4) is 0 Å². The summed E-state index contributed by atoms with van der Waals surface area (Å²) in [5.41, 5.74) is 2.41. The molecule has 3 aromatic carbocycles. The van der Waals surface area contributed by atoms with Gasteiger partial charge in [-0.05, 0) is 47.9 Å². The molecule has 7 nitrogen and oxygen atoms in total. The van der Waals surface area contributed by atoms with Crippen LogP contribution in [0.2, 0.25) is 10.0 Å². The number of carbonyl (C=O) groups excluding carboxylic acids is 2. The normalized spacial score (nSPS) is 12.0. The number of aryl methyl sites for hydroxylation is 1. The maximum atomic E-state index is 13.9. The second-order valence-corrected chi connectivity index (χ2v) is 11.4. The molecule has 3 rings (SSSR count). The highest BCUT2D eigenvalue weighted by Crippen LogP contribution is 2.27. The van der Waals surface area contributed by atoms with Gasteiger partial charge in [0.2, 0.25) is 21.8 Å². The molecule has 0 bridgehead atoms. The second-order valence-electron chi connectivity index (χ2n) is 8.63. The van der Waals surface area contributed by atoms with Crippen molar-refractivity contribution in [2.24, 2.45) is 0 Å². The Kier molecular flexibility index (Phi) is 9.59. The van der Waals surface area contributed by atoms with E-state index in [1.54, 1.807) is 49.4 Å². The van der Waals surface area contributed by atoms with Gasteiger partial charge in [-0.15, -0.1) is 0 Å². The second kappa shape index (κ2) is 12.4. The zero-order valence-corrected chi connectivity index (χ0v) is 23.1. The van der Waals surface area contributed by atoms with Gasteiger partial charge in [0.15, 0.2) is 0 Å². The van der Waals surface area contributed by atoms with Gasteiger partial charge in [-0.3, -0.25) is 13.9 Å². The van der Waals surface area contributed by atoms with Crippen molar-refractivity contribution in [3.63, 3.8) is 0 Å². The highest BCUT2D eigenvalue weighted by molar-refractivity contribution is 7.92. The molecule has 0 aliphatic carbocycles. The number of sulfonamides is 1. The summed E-state index contributed by atoms with van der Waals surface area (Å²) in [5, 5.41) is 3.52. The van der Waals surface area contributed by atoms with Crippen LogP contribution in [-0.4, -0.2) is 51.0 Å². The average Bonchev–Trinajstić information content (AvgIpc) is 2.85. The van der Waals surface area contributed by atoms with E-state index in [0.717, 1.165) is 16.1 Å². The molecule has 0 saturated carbocycles. The highest BCUT2D eigenvalue weighted by atomic mass is 35.5. The van der Waals surface area contributed by atoms with Crippen LogP contribution >= 0.6 is 23.2 Å². The molecule has 0 heterocycles. The Balaban J connectivity index is 2.06. The predicted molar refractivity (Wildman–Crippen MR) is 148 cm³/mol. The molecule has 0 aromatic heterocycles. The molecule has 37 heavy (non-hydrogen) atoms. The van der Waals surface area contributed by atoms with Crippen molar-refractivity contribution in [2.45, 2.75) is 25.9 Å². The van der Waals surface area contributed by atoms with E-state index in [-0.39, 0.29) is 18.9 Å². The van der Waals surface area contributed by atoms with Gasteiger partial charge in [-0.1, -0.05) is 71.7 Å². The summed E-state index contributed by atoms with van der Waals surface area (Å²) in [6.45, 7) is 1.22. The first-order valence-electron chi connectivity index (χ1n) is 11.5. The topological polar surface area (TPSA) is 86.8 Å². The van der Waals surface area contributed by atoms with Crippen LogP contribution in [0, 0.1) is 6.92 Å². The van der Waals surface area contributed by atoms with Gasteiger partial charge < -0.3 is 10.2 Å². The maximum absolute atomic E-state index is 13.9. The SMILES string of the molecule is CNC(=O)[C@@H](Cc1ccccc1)N(Cc1ccccc1Cl)C(=O)CN(c1ccc(Cl)cc1C)S(C)(=O)=O. The molecule has 0 fully saturated rings. The van der Waals surface area contributed by atoms with Crippen molar-refractivity contribution < 1.29 is 18.0 Å². The quantitative estimate of drug-likeness (QED) is 0.396. The molecule has 0 aliphatic heterocycles. The number of carbonyl (C=O) groups is 2. The first-order chi connectivity index (χ1) is 17.5. The van der Waals surface area contributed by atoms with Crippen molar-refractivity contribution in [1.29, 1.82) is 0 Å². The Labute approximate surface area is 228 Å². The van der Waals surface area contributed by atoms with Gasteiger partial charge in [-0.25, -0.2) is 8.42 Å². The zero-order valence-electron chi connectivity index (χ0n) is 20.8. The first-order valence-corrected chi connectivity index (χ1v) is 14.1. The molecule has 2 amide bonds. The molecule has 196 valence electrons. The van der Waals surface area contributed by atoms with Gasteiger partial charge >= 0.3 is 0 Å². The number of nitrogens with zero attached hydrogens (tertiary/aromatic N) is 2. The molecule has 0 aliphatic rings. The Morgan fingerprint density at radius 2 is 1.62 bits per heavy atom. The standard InChI is InChI=1S/C27H29Cl2N3O4S/c1-19-15-22(28)13-14-24(19)32(37(3,35)36)18-26(33)31(17-21-11-7-8-12-23(21)29)25(27(34)30-2)16-20-9-5-4-6-10-20/h4-15,25H,16-18H2,1-3H3,(H,30,34)/t25-/m1/s1. The summed E-state index contributed by atoms with van der Waals surface area (Å²) in [4.78, 5) is 28.4. The lowest BCUT2D eigenvalue weighted by Crippen LogP contribution is -2.53. The summed E-state index contributed by atoms with van der Waals surface area (Å²) in [5.74, 6) is -0.929. The summed E-state index contributed by atoms with van der Waals surface area (Å²) in [7, 11) is -2.36. The number of benzene rings is 3. The molecular formula is C27H29Cl2N3O4S. The Hall–Kier alpha value is -3.07. The number of rotatable bonds is 10. The summed E-state index contributed by atoms with van der Waals surface area (Å²) in [6, 6.07) is 20.2. The molecule has 0 spiro atoms. The van der Waals surface area contributed by atoms with Crippen molar-refractivity contribution in [1.82, 2.24) is 10.2 Å². The van der Waals surface area contributed by atoms with Crippen LogP contribution in [0.5, 0.6) is 0 Å².